The second-order valence-electron chi connectivity index (χ2n) is 21.3. The number of amides is 9. The number of thioether (sulfide) groups is 1. The maximum absolute atomic E-state index is 14.7. The van der Waals surface area contributed by atoms with Crippen LogP contribution in [0.4, 0.5) is 0 Å². The minimum atomic E-state index is -1.80. The van der Waals surface area contributed by atoms with Crippen LogP contribution in [-0.4, -0.2) is 159 Å². The van der Waals surface area contributed by atoms with E-state index in [0.29, 0.717) is 27.8 Å². The minimum absolute atomic E-state index is 0.00375. The first-order valence-electron chi connectivity index (χ1n) is 28.8. The summed E-state index contributed by atoms with van der Waals surface area (Å²) in [6.45, 7) is 3.07. The molecular weight excluding hydrogens is 1170 g/mol. The topological polar surface area (TPSA) is 460 Å². The number of aromatic hydroxyl groups is 1. The van der Waals surface area contributed by atoms with Gasteiger partial charge in [0.1, 0.15) is 48.0 Å². The molecule has 1 heterocycles. The number of guanidine groups is 1. The van der Waals surface area contributed by atoms with Crippen LogP contribution in [0.3, 0.4) is 0 Å². The van der Waals surface area contributed by atoms with Crippen LogP contribution in [0.25, 0.3) is 10.9 Å². The lowest BCUT2D eigenvalue weighted by Gasteiger charge is -2.30. The summed E-state index contributed by atoms with van der Waals surface area (Å²) in [6.07, 6.45) is -0.774. The minimum Gasteiger partial charge on any atom is -0.508 e. The van der Waals surface area contributed by atoms with Crippen LogP contribution in [0.5, 0.6) is 5.75 Å². The zero-order chi connectivity index (χ0) is 65.2. The molecule has 10 atom stereocenters. The number of phenolic OH excluding ortho intramolecular Hbond substituents is 1. The van der Waals surface area contributed by atoms with Crippen molar-refractivity contribution < 1.29 is 63.3 Å². The van der Waals surface area contributed by atoms with Crippen molar-refractivity contribution in [3.05, 3.63) is 138 Å². The van der Waals surface area contributed by atoms with Gasteiger partial charge in [0.05, 0.1) is 31.7 Å². The number of rotatable bonds is 35. The number of aromatic nitrogens is 1. The van der Waals surface area contributed by atoms with E-state index in [0.717, 1.165) is 22.8 Å². The molecule has 0 saturated heterocycles. The van der Waals surface area contributed by atoms with Crippen molar-refractivity contribution in [2.75, 3.05) is 19.7 Å². The zero-order valence-electron chi connectivity index (χ0n) is 49.6. The summed E-state index contributed by atoms with van der Waals surface area (Å²) in [4.78, 5) is 145. The van der Waals surface area contributed by atoms with Crippen LogP contribution >= 0.6 is 11.8 Å². The number of aliphatic hydroxyl groups excluding tert-OH is 2. The number of nitrogens with two attached hydrogens (primary N) is 4. The predicted octanol–water partition coefficient (Wildman–Crippen LogP) is -1.45. The van der Waals surface area contributed by atoms with Gasteiger partial charge >= 0.3 is 0 Å². The van der Waals surface area contributed by atoms with E-state index in [1.165, 1.54) is 31.2 Å². The summed E-state index contributed by atoms with van der Waals surface area (Å²) in [5.41, 5.74) is 25.7. The highest BCUT2D eigenvalue weighted by Crippen LogP contribution is 2.21. The molecule has 0 radical (unpaired) electrons. The Balaban J connectivity index is 1.35. The van der Waals surface area contributed by atoms with Crippen LogP contribution < -0.4 is 65.5 Å². The van der Waals surface area contributed by atoms with E-state index in [9.17, 15) is 63.3 Å². The summed E-state index contributed by atoms with van der Waals surface area (Å²) >= 11 is 0.990. The maximum Gasteiger partial charge on any atom is 0.245 e. The number of benzene rings is 4. The molecule has 28 heteroatoms. The SMILES string of the molecule is CC[C@H](C)[C@H](NC(=O)[C@H](Cc1ccc(O)cc1)NC(=O)[C@H](CCCN=C(N)N)NC(=O)[C@H](Cc1c[nH]c2ccccc12)NC(=O)[C@@H](N)CC(N)=O)C(=O)N[C@@H](CO)C(=O)N[C@H](C(=O)N[C@@H](Cc1ccccc1)C(=O)NCC(=O)SCc1ccccc1)[C@@H](C)O. The van der Waals surface area contributed by atoms with Crippen molar-refractivity contribution in [3.8, 4) is 5.75 Å². The molecule has 1 aromatic heterocycles. The number of aliphatic hydroxyl groups is 2. The molecule has 4 aromatic carbocycles. The average molecular weight is 1250 g/mol. The summed E-state index contributed by atoms with van der Waals surface area (Å²) in [6, 6.07) is 18.4. The van der Waals surface area contributed by atoms with Gasteiger partial charge in [0, 0.05) is 48.7 Å². The van der Waals surface area contributed by atoms with Gasteiger partial charge in [-0.1, -0.05) is 123 Å². The van der Waals surface area contributed by atoms with Crippen molar-refractivity contribution in [2.45, 2.75) is 126 Å². The molecule has 5 aromatic rings. The van der Waals surface area contributed by atoms with Crippen LogP contribution in [0.1, 0.15) is 68.7 Å². The molecule has 0 spiro atoms. The molecule has 478 valence electrons. The highest BCUT2D eigenvalue weighted by atomic mass is 32.2. The molecule has 20 N–H and O–H groups in total. The fourth-order valence-electron chi connectivity index (χ4n) is 9.17. The Morgan fingerprint density at radius 3 is 1.71 bits per heavy atom. The Labute approximate surface area is 518 Å². The second-order valence-corrected chi connectivity index (χ2v) is 22.3. The predicted molar refractivity (Wildman–Crippen MR) is 333 cm³/mol. The zero-order valence-corrected chi connectivity index (χ0v) is 50.4. The molecule has 0 unspecified atom stereocenters. The van der Waals surface area contributed by atoms with E-state index in [4.69, 9.17) is 22.9 Å². The Morgan fingerprint density at radius 1 is 0.584 bits per heavy atom. The number of carbonyl (C=O) groups excluding carboxylic acids is 10. The van der Waals surface area contributed by atoms with Crippen LogP contribution in [-0.2, 0) is 73.0 Å². The summed E-state index contributed by atoms with van der Waals surface area (Å²) in [7, 11) is 0. The van der Waals surface area contributed by atoms with Gasteiger partial charge < -0.3 is 85.8 Å². The Hall–Kier alpha value is -9.38. The van der Waals surface area contributed by atoms with E-state index in [2.05, 4.69) is 52.5 Å². The fourth-order valence-corrected chi connectivity index (χ4v) is 9.87. The number of hydrogen-bond donors (Lipinski definition) is 16. The van der Waals surface area contributed by atoms with E-state index >= 15 is 0 Å². The van der Waals surface area contributed by atoms with E-state index in [1.807, 2.05) is 30.3 Å². The van der Waals surface area contributed by atoms with E-state index in [1.54, 1.807) is 74.6 Å². The number of carbonyl (C=O) groups is 10. The molecule has 27 nitrogen and oxygen atoms in total. The quantitative estimate of drug-likeness (QED) is 0.0125. The fraction of sp³-hybridized carbons (Fsp3) is 0.393. The van der Waals surface area contributed by atoms with Gasteiger partial charge in [-0.3, -0.25) is 52.9 Å². The monoisotopic (exact) mass is 1250 g/mol. The average Bonchev–Trinajstić information content (AvgIpc) is 2.03. The Bertz CT molecular complexity index is 3240. The van der Waals surface area contributed by atoms with Gasteiger partial charge in [0.25, 0.3) is 0 Å². The molecule has 0 saturated carbocycles. The molecule has 0 aliphatic heterocycles. The number of phenols is 1. The first-order valence-corrected chi connectivity index (χ1v) is 29.8. The number of H-pyrrole nitrogens is 1. The number of para-hydroxylation sites is 1. The van der Waals surface area contributed by atoms with E-state index in [-0.39, 0.29) is 68.4 Å². The molecule has 0 aliphatic carbocycles. The third-order valence-electron chi connectivity index (χ3n) is 14.3. The first-order chi connectivity index (χ1) is 42.5. The molecule has 89 heavy (non-hydrogen) atoms. The van der Waals surface area contributed by atoms with Gasteiger partial charge in [-0.25, -0.2) is 0 Å². The lowest BCUT2D eigenvalue weighted by atomic mass is 9.96. The normalized spacial score (nSPS) is 14.4. The second kappa shape index (κ2) is 35.4. The standard InChI is InChI=1S/C61H80N14O13S/c1-4-34(2)51(59(87)73-48(32-76)58(86)75-52(35(3)77)60(88)72-45(26-36-14-7-5-8-15-36)54(82)68-31-50(80)89-33-38-16-9-6-10-17-38)74-57(85)46(27-37-21-23-40(78)24-22-37)71-55(83)44(20-13-25-66-61(64)65)69-56(84)47(70-53(81)42(62)29-49(63)79)28-39-30-67-43-19-12-11-18-41(39)43/h5-12,14-19,21-24,30,34-35,42,44-48,51-52,67,76-78H,4,13,20,25-29,31-33,62H2,1-3H3,(H2,63,79)(H,68,82)(H,69,84)(H,70,81)(H,71,83)(H,72,88)(H,73,87)(H,74,85)(H,75,86)(H4,64,65,66)/t34-,35+,42-,44-,45-,46-,47-,48-,51-,52-/m0/s1. The molecular formula is C61H80N14O13S. The van der Waals surface area contributed by atoms with Gasteiger partial charge in [-0.15, -0.1) is 0 Å². The Kier molecular flexibility index (Phi) is 28.0. The van der Waals surface area contributed by atoms with E-state index < -0.39 is 127 Å². The number of aliphatic imine (C=N–C) groups is 1. The van der Waals surface area contributed by atoms with Crippen LogP contribution in [0.15, 0.2) is 120 Å². The number of nitrogens with zero attached hydrogens (tertiary/aromatic N) is 1. The number of aromatic amines is 1. The molecule has 5 rings (SSSR count). The lowest BCUT2D eigenvalue weighted by molar-refractivity contribution is -0.137. The van der Waals surface area contributed by atoms with Gasteiger partial charge in [-0.2, -0.15) is 0 Å². The highest BCUT2D eigenvalue weighted by molar-refractivity contribution is 8.13. The molecule has 0 fully saturated rings. The largest absolute Gasteiger partial charge is 0.508 e. The van der Waals surface area contributed by atoms with Gasteiger partial charge in [0.15, 0.2) is 5.96 Å². The van der Waals surface area contributed by atoms with Crippen molar-refractivity contribution in [1.82, 2.24) is 47.5 Å². The number of primary amides is 1. The summed E-state index contributed by atoms with van der Waals surface area (Å²) in [5, 5.41) is 52.3. The summed E-state index contributed by atoms with van der Waals surface area (Å²) in [5.74, 6) is -9.11. The van der Waals surface area contributed by atoms with Crippen LogP contribution in [0.2, 0.25) is 0 Å². The maximum atomic E-state index is 14.7. The van der Waals surface area contributed by atoms with Crippen LogP contribution in [0, 0.1) is 5.92 Å². The van der Waals surface area contributed by atoms with Crippen molar-refractivity contribution in [1.29, 1.82) is 0 Å². The van der Waals surface area contributed by atoms with Crippen molar-refractivity contribution in [3.63, 3.8) is 0 Å². The smallest absolute Gasteiger partial charge is 0.245 e. The number of fused-ring (bicyclic) bond motifs is 1. The third kappa shape index (κ3) is 23.0. The van der Waals surface area contributed by atoms with Gasteiger partial charge in [0.2, 0.25) is 58.3 Å². The molecule has 0 aliphatic rings. The summed E-state index contributed by atoms with van der Waals surface area (Å²) < 4.78 is 0. The lowest BCUT2D eigenvalue weighted by Crippen LogP contribution is -2.63. The van der Waals surface area contributed by atoms with Crippen molar-refractivity contribution in [2.24, 2.45) is 33.8 Å². The number of hydrogen-bond acceptors (Lipinski definition) is 16. The third-order valence-corrected chi connectivity index (χ3v) is 15.3. The van der Waals surface area contributed by atoms with Crippen molar-refractivity contribution >= 4 is 86.9 Å². The Morgan fingerprint density at radius 2 is 1.09 bits per heavy atom. The number of nitrogens with one attached hydrogen (secondary N) is 9. The van der Waals surface area contributed by atoms with Gasteiger partial charge in [-0.05, 0) is 66.1 Å². The first kappa shape index (κ1) is 70.4. The highest BCUT2D eigenvalue weighted by Gasteiger charge is 2.37. The molecule has 9 amide bonds. The molecule has 0 bridgehead atoms.